The average molecular weight is 285 g/mol. The van der Waals surface area contributed by atoms with Crippen molar-refractivity contribution in [2.75, 3.05) is 11.1 Å². The van der Waals surface area contributed by atoms with E-state index in [4.69, 9.17) is 5.73 Å². The second kappa shape index (κ2) is 5.06. The predicted molar refractivity (Wildman–Crippen MR) is 70.4 cm³/mol. The fourth-order valence-electron chi connectivity index (χ4n) is 2.09. The second-order valence-electron chi connectivity index (χ2n) is 4.39. The van der Waals surface area contributed by atoms with Crippen molar-refractivity contribution < 1.29 is 5.11 Å². The van der Waals surface area contributed by atoms with E-state index in [1.165, 1.54) is 0 Å². The summed E-state index contributed by atoms with van der Waals surface area (Å²) in [5, 5.41) is 12.9. The second-order valence-corrected chi connectivity index (χ2v) is 5.24. The molecule has 1 aromatic rings. The predicted octanol–water partition coefficient (Wildman–Crippen LogP) is 2.75. The van der Waals surface area contributed by atoms with Gasteiger partial charge in [0, 0.05) is 21.9 Å². The summed E-state index contributed by atoms with van der Waals surface area (Å²) in [6.07, 6.45) is 3.73. The van der Waals surface area contributed by atoms with Gasteiger partial charge in [0.2, 0.25) is 0 Å². The van der Waals surface area contributed by atoms with Crippen molar-refractivity contribution in [2.24, 2.45) is 0 Å². The molecule has 0 saturated heterocycles. The fourth-order valence-corrected chi connectivity index (χ4v) is 2.60. The van der Waals surface area contributed by atoms with Crippen LogP contribution in [0.15, 0.2) is 22.7 Å². The first-order valence-electron chi connectivity index (χ1n) is 5.65. The number of hydrogen-bond acceptors (Lipinski definition) is 3. The first-order valence-corrected chi connectivity index (χ1v) is 6.44. The molecular formula is C12H17BrN2O. The van der Waals surface area contributed by atoms with Gasteiger partial charge in [0.1, 0.15) is 0 Å². The lowest BCUT2D eigenvalue weighted by atomic mass is 9.93. The van der Waals surface area contributed by atoms with Crippen LogP contribution in [0.1, 0.15) is 25.7 Å². The highest BCUT2D eigenvalue weighted by atomic mass is 79.9. The van der Waals surface area contributed by atoms with E-state index in [2.05, 4.69) is 21.2 Å². The van der Waals surface area contributed by atoms with Gasteiger partial charge in [-0.15, -0.1) is 0 Å². The van der Waals surface area contributed by atoms with Crippen LogP contribution in [0.4, 0.5) is 11.4 Å². The van der Waals surface area contributed by atoms with E-state index >= 15 is 0 Å². The molecule has 16 heavy (non-hydrogen) atoms. The van der Waals surface area contributed by atoms with Crippen LogP contribution in [0.25, 0.3) is 0 Å². The molecular weight excluding hydrogens is 268 g/mol. The molecule has 0 aromatic heterocycles. The number of aliphatic hydroxyl groups is 1. The summed E-state index contributed by atoms with van der Waals surface area (Å²) in [4.78, 5) is 0. The summed E-state index contributed by atoms with van der Waals surface area (Å²) in [5.74, 6) is 0. The zero-order valence-electron chi connectivity index (χ0n) is 9.12. The maximum atomic E-state index is 9.43. The number of nitrogens with two attached hydrogens (primary N) is 1. The number of halogens is 1. The van der Waals surface area contributed by atoms with Crippen molar-refractivity contribution in [1.29, 1.82) is 0 Å². The largest absolute Gasteiger partial charge is 0.399 e. The molecule has 0 unspecified atom stereocenters. The number of benzene rings is 1. The summed E-state index contributed by atoms with van der Waals surface area (Å²) < 4.78 is 0.999. The van der Waals surface area contributed by atoms with Gasteiger partial charge < -0.3 is 16.2 Å². The summed E-state index contributed by atoms with van der Waals surface area (Å²) in [7, 11) is 0. The lowest BCUT2D eigenvalue weighted by Gasteiger charge is -2.27. The molecule has 2 rings (SSSR count). The Hall–Kier alpha value is -0.740. The number of aliphatic hydroxyl groups excluding tert-OH is 1. The SMILES string of the molecule is Nc1ccc(NC2CCC(O)CC2)c(Br)c1. The normalized spacial score (nSPS) is 25.4. The molecule has 0 heterocycles. The van der Waals surface area contributed by atoms with Gasteiger partial charge >= 0.3 is 0 Å². The van der Waals surface area contributed by atoms with E-state index < -0.39 is 0 Å². The maximum absolute atomic E-state index is 9.43. The summed E-state index contributed by atoms with van der Waals surface area (Å²) in [6.45, 7) is 0. The van der Waals surface area contributed by atoms with Crippen molar-refractivity contribution >= 4 is 27.3 Å². The Labute approximate surface area is 104 Å². The van der Waals surface area contributed by atoms with Gasteiger partial charge in [0.15, 0.2) is 0 Å². The molecule has 88 valence electrons. The Morgan fingerprint density at radius 2 is 1.94 bits per heavy atom. The van der Waals surface area contributed by atoms with Crippen molar-refractivity contribution in [3.05, 3.63) is 22.7 Å². The molecule has 1 aliphatic rings. The highest BCUT2D eigenvalue weighted by molar-refractivity contribution is 9.10. The molecule has 0 bridgehead atoms. The van der Waals surface area contributed by atoms with Crippen molar-refractivity contribution in [3.8, 4) is 0 Å². The monoisotopic (exact) mass is 284 g/mol. The minimum absolute atomic E-state index is 0.104. The summed E-state index contributed by atoms with van der Waals surface area (Å²) in [5.41, 5.74) is 7.53. The van der Waals surface area contributed by atoms with Crippen LogP contribution < -0.4 is 11.1 Å². The zero-order valence-corrected chi connectivity index (χ0v) is 10.7. The van der Waals surface area contributed by atoms with Crippen molar-refractivity contribution in [2.45, 2.75) is 37.8 Å². The molecule has 1 aromatic carbocycles. The van der Waals surface area contributed by atoms with Crippen LogP contribution in [0.3, 0.4) is 0 Å². The minimum Gasteiger partial charge on any atom is -0.399 e. The van der Waals surface area contributed by atoms with E-state index in [-0.39, 0.29) is 6.10 Å². The number of anilines is 2. The quantitative estimate of drug-likeness (QED) is 0.732. The standard InChI is InChI=1S/C12H17BrN2O/c13-11-7-8(14)1-6-12(11)15-9-2-4-10(16)5-3-9/h1,6-7,9-10,15-16H,2-5,14H2. The fraction of sp³-hybridized carbons (Fsp3) is 0.500. The smallest absolute Gasteiger partial charge is 0.0541 e. The molecule has 4 N–H and O–H groups in total. The molecule has 1 aliphatic carbocycles. The zero-order chi connectivity index (χ0) is 11.5. The molecule has 1 fully saturated rings. The summed E-state index contributed by atoms with van der Waals surface area (Å²) in [6, 6.07) is 6.25. The van der Waals surface area contributed by atoms with Crippen LogP contribution in [-0.2, 0) is 0 Å². The third-order valence-corrected chi connectivity index (χ3v) is 3.71. The first kappa shape index (κ1) is 11.7. The Bertz CT molecular complexity index is 362. The van der Waals surface area contributed by atoms with Gasteiger partial charge in [0.25, 0.3) is 0 Å². The van der Waals surface area contributed by atoms with Gasteiger partial charge in [-0.3, -0.25) is 0 Å². The number of hydrogen-bond donors (Lipinski definition) is 3. The van der Waals surface area contributed by atoms with Gasteiger partial charge in [-0.1, -0.05) is 0 Å². The lowest BCUT2D eigenvalue weighted by Crippen LogP contribution is -2.28. The van der Waals surface area contributed by atoms with Crippen molar-refractivity contribution in [3.63, 3.8) is 0 Å². The highest BCUT2D eigenvalue weighted by Gasteiger charge is 2.19. The third-order valence-electron chi connectivity index (χ3n) is 3.05. The number of rotatable bonds is 2. The van der Waals surface area contributed by atoms with E-state index in [9.17, 15) is 5.11 Å². The number of nitrogens with one attached hydrogen (secondary N) is 1. The van der Waals surface area contributed by atoms with Crippen LogP contribution in [0.2, 0.25) is 0 Å². The topological polar surface area (TPSA) is 58.3 Å². The minimum atomic E-state index is -0.104. The Kier molecular flexibility index (Phi) is 3.71. The van der Waals surface area contributed by atoms with E-state index in [1.54, 1.807) is 0 Å². The van der Waals surface area contributed by atoms with Gasteiger partial charge in [-0.05, 0) is 59.8 Å². The molecule has 0 amide bonds. The molecule has 1 saturated carbocycles. The van der Waals surface area contributed by atoms with E-state index in [0.29, 0.717) is 6.04 Å². The van der Waals surface area contributed by atoms with Crippen molar-refractivity contribution in [1.82, 2.24) is 0 Å². The lowest BCUT2D eigenvalue weighted by molar-refractivity contribution is 0.126. The Morgan fingerprint density at radius 1 is 1.25 bits per heavy atom. The van der Waals surface area contributed by atoms with E-state index in [0.717, 1.165) is 41.5 Å². The molecule has 0 spiro atoms. The van der Waals surface area contributed by atoms with Crippen LogP contribution in [-0.4, -0.2) is 17.3 Å². The molecule has 0 radical (unpaired) electrons. The van der Waals surface area contributed by atoms with Crippen LogP contribution >= 0.6 is 15.9 Å². The molecule has 3 nitrogen and oxygen atoms in total. The van der Waals surface area contributed by atoms with E-state index in [1.807, 2.05) is 18.2 Å². The maximum Gasteiger partial charge on any atom is 0.0541 e. The van der Waals surface area contributed by atoms with Gasteiger partial charge in [0.05, 0.1) is 6.10 Å². The number of nitrogen functional groups attached to an aromatic ring is 1. The first-order chi connectivity index (χ1) is 7.65. The van der Waals surface area contributed by atoms with Crippen LogP contribution in [0.5, 0.6) is 0 Å². The Morgan fingerprint density at radius 3 is 2.56 bits per heavy atom. The highest BCUT2D eigenvalue weighted by Crippen LogP contribution is 2.28. The van der Waals surface area contributed by atoms with Gasteiger partial charge in [-0.2, -0.15) is 0 Å². The van der Waals surface area contributed by atoms with Gasteiger partial charge in [-0.25, -0.2) is 0 Å². The molecule has 0 aliphatic heterocycles. The van der Waals surface area contributed by atoms with Crippen LogP contribution in [0, 0.1) is 0 Å². The third kappa shape index (κ3) is 2.89. The summed E-state index contributed by atoms with van der Waals surface area (Å²) >= 11 is 3.49. The average Bonchev–Trinajstić information content (AvgIpc) is 2.25. The molecule has 0 atom stereocenters. The molecule has 4 heteroatoms. The Balaban J connectivity index is 1.98.